The molecule has 196 valence electrons. The Hall–Kier alpha value is 0.477. The Morgan fingerprint density at radius 2 is 1.43 bits per heavy atom. The van der Waals surface area contributed by atoms with E-state index in [0.29, 0.717) is 11.0 Å². The van der Waals surface area contributed by atoms with Crippen molar-refractivity contribution >= 4 is 26.6 Å². The fourth-order valence-electron chi connectivity index (χ4n) is 10.1. The number of rotatable bonds is 6. The maximum absolute atomic E-state index is 3.84. The molecule has 35 heavy (non-hydrogen) atoms. The van der Waals surface area contributed by atoms with E-state index in [4.69, 9.17) is 0 Å². The molecule has 7 aliphatic rings. The van der Waals surface area contributed by atoms with Crippen LogP contribution in [0.4, 0.5) is 0 Å². The van der Waals surface area contributed by atoms with Gasteiger partial charge in [0.1, 0.15) is 0 Å². The standard InChI is InChI=1S/C30H52N2P2Si/c1-35(2,3)26-15-27(29(19-33)24-11-20-10-21(13-24)14-25(29)12-20)28(16-26)30(34,22-6-4-8-31-17-22)23-7-5-9-32-18-23/h15-16,20-26,31-32H,4-14,17-19,33-34H2,1-3H3. The van der Waals surface area contributed by atoms with Gasteiger partial charge < -0.3 is 10.6 Å². The molecule has 2 saturated heterocycles. The lowest BCUT2D eigenvalue weighted by molar-refractivity contribution is -0.0739. The van der Waals surface area contributed by atoms with Crippen molar-refractivity contribution in [3.8, 4) is 0 Å². The summed E-state index contributed by atoms with van der Waals surface area (Å²) < 4.78 is 0. The minimum atomic E-state index is -1.34. The molecule has 5 aliphatic carbocycles. The Kier molecular flexibility index (Phi) is 7.05. The van der Waals surface area contributed by atoms with Crippen molar-refractivity contribution in [3.63, 3.8) is 0 Å². The third-order valence-electron chi connectivity index (χ3n) is 11.8. The van der Waals surface area contributed by atoms with E-state index in [9.17, 15) is 0 Å². The van der Waals surface area contributed by atoms with Crippen LogP contribution in [-0.4, -0.2) is 45.6 Å². The van der Waals surface area contributed by atoms with Crippen LogP contribution in [0.25, 0.3) is 0 Å². The lowest BCUT2D eigenvalue weighted by Gasteiger charge is -2.63. The minimum absolute atomic E-state index is 0.211. The molecule has 0 spiro atoms. The molecular weight excluding hydrogens is 478 g/mol. The summed E-state index contributed by atoms with van der Waals surface area (Å²) in [4.78, 5) is 0. The third-order valence-corrected chi connectivity index (χ3v) is 16.1. The van der Waals surface area contributed by atoms with Gasteiger partial charge in [-0.25, -0.2) is 0 Å². The monoisotopic (exact) mass is 530 g/mol. The van der Waals surface area contributed by atoms with Crippen LogP contribution in [-0.2, 0) is 0 Å². The molecule has 4 bridgehead atoms. The summed E-state index contributed by atoms with van der Waals surface area (Å²) in [5.41, 5.74) is 4.82. The first-order chi connectivity index (χ1) is 16.8. The van der Waals surface area contributed by atoms with E-state index >= 15 is 0 Å². The van der Waals surface area contributed by atoms with Gasteiger partial charge in [-0.05, 0) is 142 Å². The van der Waals surface area contributed by atoms with Gasteiger partial charge in [-0.3, -0.25) is 0 Å². The highest BCUT2D eigenvalue weighted by atomic mass is 31.0. The summed E-state index contributed by atoms with van der Waals surface area (Å²) in [6.07, 6.45) is 20.1. The molecule has 5 atom stereocenters. The molecule has 0 aromatic carbocycles. The van der Waals surface area contributed by atoms with Crippen molar-refractivity contribution in [2.75, 3.05) is 32.3 Å². The van der Waals surface area contributed by atoms with E-state index in [2.05, 4.69) is 60.9 Å². The van der Waals surface area contributed by atoms with E-state index in [1.807, 2.05) is 11.1 Å². The van der Waals surface area contributed by atoms with Crippen molar-refractivity contribution in [1.29, 1.82) is 0 Å². The van der Waals surface area contributed by atoms with Crippen LogP contribution < -0.4 is 10.6 Å². The van der Waals surface area contributed by atoms with Crippen LogP contribution in [0.1, 0.15) is 57.8 Å². The largest absolute Gasteiger partial charge is 0.316 e. The van der Waals surface area contributed by atoms with Gasteiger partial charge in [-0.1, -0.05) is 31.8 Å². The van der Waals surface area contributed by atoms with Crippen LogP contribution in [0.2, 0.25) is 25.2 Å². The molecule has 5 unspecified atom stereocenters. The van der Waals surface area contributed by atoms with Crippen molar-refractivity contribution < 1.29 is 0 Å². The molecule has 2 N–H and O–H groups in total. The molecular formula is C30H52N2P2Si. The second-order valence-corrected chi connectivity index (χ2v) is 21.4. The Balaban J connectivity index is 1.48. The van der Waals surface area contributed by atoms with Gasteiger partial charge in [-0.2, -0.15) is 0 Å². The topological polar surface area (TPSA) is 24.1 Å². The highest BCUT2D eigenvalue weighted by Crippen LogP contribution is 2.69. The smallest absolute Gasteiger partial charge is 0.0558 e. The van der Waals surface area contributed by atoms with E-state index in [0.717, 1.165) is 35.5 Å². The van der Waals surface area contributed by atoms with Gasteiger partial charge in [0.2, 0.25) is 0 Å². The lowest BCUT2D eigenvalue weighted by atomic mass is 9.43. The fraction of sp³-hybridized carbons (Fsp3) is 0.867. The van der Waals surface area contributed by atoms with Crippen molar-refractivity contribution in [3.05, 3.63) is 23.3 Å². The normalized spacial score (nSPS) is 45.2. The maximum atomic E-state index is 3.84. The van der Waals surface area contributed by atoms with Crippen LogP contribution in [0.15, 0.2) is 23.3 Å². The van der Waals surface area contributed by atoms with Gasteiger partial charge >= 0.3 is 0 Å². The summed E-state index contributed by atoms with van der Waals surface area (Å²) in [7, 11) is 5.60. The first-order valence-corrected chi connectivity index (χ1v) is 20.1. The Bertz CT molecular complexity index is 816. The highest BCUT2D eigenvalue weighted by Gasteiger charge is 2.61. The van der Waals surface area contributed by atoms with Crippen LogP contribution in [0.3, 0.4) is 0 Å². The SMILES string of the molecule is C[Si](C)(C)C1C=C(C(P)(C2CCCNC2)C2CCCNC2)C(C2(CP)C3CC4CC(C3)CC2C4)=C1. The molecule has 0 aromatic rings. The van der Waals surface area contributed by atoms with Crippen LogP contribution in [0.5, 0.6) is 0 Å². The molecule has 7 rings (SSSR count). The number of nitrogens with one attached hydrogen (secondary N) is 2. The van der Waals surface area contributed by atoms with E-state index < -0.39 is 8.07 Å². The zero-order valence-electron chi connectivity index (χ0n) is 22.8. The van der Waals surface area contributed by atoms with Crippen molar-refractivity contribution in [1.82, 2.24) is 10.6 Å². The van der Waals surface area contributed by atoms with E-state index in [1.165, 1.54) is 83.7 Å². The number of hydrogen-bond acceptors (Lipinski definition) is 2. The third kappa shape index (κ3) is 4.16. The summed E-state index contributed by atoms with van der Waals surface area (Å²) in [5.74, 6) is 5.40. The van der Waals surface area contributed by atoms with E-state index in [-0.39, 0.29) is 5.16 Å². The first kappa shape index (κ1) is 25.7. The van der Waals surface area contributed by atoms with Gasteiger partial charge in [-0.15, -0.1) is 18.5 Å². The lowest BCUT2D eigenvalue weighted by Crippen LogP contribution is -2.57. The van der Waals surface area contributed by atoms with Crippen molar-refractivity contribution in [2.24, 2.45) is 40.9 Å². The quantitative estimate of drug-likeness (QED) is 0.303. The Morgan fingerprint density at radius 3 is 1.86 bits per heavy atom. The zero-order valence-corrected chi connectivity index (χ0v) is 26.1. The summed E-state index contributed by atoms with van der Waals surface area (Å²) >= 11 is 0. The molecule has 6 fully saturated rings. The molecule has 0 radical (unpaired) electrons. The summed E-state index contributed by atoms with van der Waals surface area (Å²) in [6.45, 7) is 12.7. The molecule has 0 aromatic heterocycles. The van der Waals surface area contributed by atoms with Gasteiger partial charge in [0.15, 0.2) is 0 Å². The van der Waals surface area contributed by atoms with E-state index in [1.54, 1.807) is 6.42 Å². The maximum Gasteiger partial charge on any atom is 0.0558 e. The molecule has 5 heteroatoms. The molecule has 2 aliphatic heterocycles. The minimum Gasteiger partial charge on any atom is -0.316 e. The number of hydrogen-bond donors (Lipinski definition) is 2. The van der Waals surface area contributed by atoms with Gasteiger partial charge in [0.05, 0.1) is 8.07 Å². The number of piperidine rings is 2. The average Bonchev–Trinajstić information content (AvgIpc) is 3.32. The Morgan fingerprint density at radius 1 is 0.886 bits per heavy atom. The second-order valence-electron chi connectivity index (χ2n) is 14.6. The first-order valence-electron chi connectivity index (χ1n) is 15.1. The predicted molar refractivity (Wildman–Crippen MR) is 161 cm³/mol. The molecule has 4 saturated carbocycles. The molecule has 2 nitrogen and oxygen atoms in total. The van der Waals surface area contributed by atoms with Gasteiger partial charge in [0.25, 0.3) is 0 Å². The van der Waals surface area contributed by atoms with Gasteiger partial charge in [0, 0.05) is 10.6 Å². The molecule has 0 amide bonds. The fourth-order valence-corrected chi connectivity index (χ4v) is 13.1. The van der Waals surface area contributed by atoms with Crippen LogP contribution in [0, 0.1) is 40.9 Å². The summed E-state index contributed by atoms with van der Waals surface area (Å²) in [5, 5.41) is 7.89. The molecule has 2 heterocycles. The van der Waals surface area contributed by atoms with Crippen LogP contribution >= 0.6 is 18.5 Å². The van der Waals surface area contributed by atoms with Crippen molar-refractivity contribution in [2.45, 2.75) is 88.1 Å². The highest BCUT2D eigenvalue weighted by molar-refractivity contribution is 7.19. The average molecular weight is 531 g/mol. The second kappa shape index (κ2) is 9.59. The Labute approximate surface area is 221 Å². The zero-order chi connectivity index (χ0) is 24.4. The summed E-state index contributed by atoms with van der Waals surface area (Å²) in [6, 6.07) is 0. The predicted octanol–water partition coefficient (Wildman–Crippen LogP) is 6.49. The number of allylic oxidation sites excluding steroid dienone is 4.